The Labute approximate surface area is 168 Å². The van der Waals surface area contributed by atoms with E-state index < -0.39 is 0 Å². The highest BCUT2D eigenvalue weighted by Gasteiger charge is 2.19. The van der Waals surface area contributed by atoms with Crippen LogP contribution in [0.4, 0.5) is 0 Å². The standard InChI is InChI=1S/C22H24N2O3S/c1-3-12-27-17-13-14(8-10-16(17)26-2)9-11-19-23-21(25)20-15-6-4-5-7-18(15)28-22(20)24-19/h8-11,13H,3-7,12H2,1-2H3,(H,23,24,25)/b11-9+. The van der Waals surface area contributed by atoms with Gasteiger partial charge < -0.3 is 14.5 Å². The molecule has 1 N–H and O–H groups in total. The number of nitrogens with zero attached hydrogens (tertiary/aromatic N) is 1. The van der Waals surface area contributed by atoms with E-state index in [-0.39, 0.29) is 5.56 Å². The maximum absolute atomic E-state index is 12.6. The van der Waals surface area contributed by atoms with Crippen LogP contribution in [0.5, 0.6) is 11.5 Å². The van der Waals surface area contributed by atoms with Crippen LogP contribution in [0, 0.1) is 0 Å². The molecule has 0 spiro atoms. The Kier molecular flexibility index (Phi) is 5.48. The number of aromatic nitrogens is 2. The van der Waals surface area contributed by atoms with Crippen LogP contribution in [0.2, 0.25) is 0 Å². The van der Waals surface area contributed by atoms with Crippen LogP contribution in [0.25, 0.3) is 22.4 Å². The number of nitrogens with one attached hydrogen (secondary N) is 1. The predicted octanol–water partition coefficient (Wildman–Crippen LogP) is 4.83. The lowest BCUT2D eigenvalue weighted by atomic mass is 9.97. The Morgan fingerprint density at radius 2 is 2.07 bits per heavy atom. The average Bonchev–Trinajstić information content (AvgIpc) is 3.09. The van der Waals surface area contributed by atoms with E-state index in [1.54, 1.807) is 18.4 Å². The molecule has 2 heterocycles. The molecule has 0 atom stereocenters. The molecule has 0 aliphatic heterocycles. The number of aryl methyl sites for hydroxylation is 2. The maximum atomic E-state index is 12.6. The van der Waals surface area contributed by atoms with E-state index in [0.717, 1.165) is 41.5 Å². The van der Waals surface area contributed by atoms with E-state index in [2.05, 4.69) is 16.9 Å². The molecule has 1 aliphatic carbocycles. The van der Waals surface area contributed by atoms with Crippen molar-refractivity contribution >= 4 is 33.7 Å². The lowest BCUT2D eigenvalue weighted by Crippen LogP contribution is -2.11. The van der Waals surface area contributed by atoms with Crippen molar-refractivity contribution in [1.82, 2.24) is 9.97 Å². The Morgan fingerprint density at radius 1 is 1.21 bits per heavy atom. The number of H-pyrrole nitrogens is 1. The second-order valence-electron chi connectivity index (χ2n) is 6.93. The van der Waals surface area contributed by atoms with Crippen molar-refractivity contribution < 1.29 is 9.47 Å². The van der Waals surface area contributed by atoms with Crippen LogP contribution in [0.15, 0.2) is 23.0 Å². The molecule has 2 aromatic heterocycles. The van der Waals surface area contributed by atoms with E-state index in [9.17, 15) is 4.79 Å². The second kappa shape index (κ2) is 8.19. The molecule has 28 heavy (non-hydrogen) atoms. The Balaban J connectivity index is 1.64. The smallest absolute Gasteiger partial charge is 0.260 e. The molecule has 1 aliphatic rings. The molecule has 6 heteroatoms. The highest BCUT2D eigenvalue weighted by molar-refractivity contribution is 7.18. The summed E-state index contributed by atoms with van der Waals surface area (Å²) in [6.07, 6.45) is 9.10. The number of hydrogen-bond donors (Lipinski definition) is 1. The molecule has 0 saturated heterocycles. The molecule has 0 amide bonds. The lowest BCUT2D eigenvalue weighted by Gasteiger charge is -2.10. The molecular weight excluding hydrogens is 372 g/mol. The van der Waals surface area contributed by atoms with Crippen molar-refractivity contribution in [3.05, 3.63) is 50.4 Å². The molecule has 146 valence electrons. The third kappa shape index (κ3) is 3.69. The van der Waals surface area contributed by atoms with Crippen LogP contribution in [0.3, 0.4) is 0 Å². The number of rotatable bonds is 6. The minimum atomic E-state index is -0.0363. The van der Waals surface area contributed by atoms with Crippen molar-refractivity contribution in [2.45, 2.75) is 39.0 Å². The van der Waals surface area contributed by atoms with Gasteiger partial charge in [0.15, 0.2) is 11.5 Å². The van der Waals surface area contributed by atoms with Crippen molar-refractivity contribution in [3.8, 4) is 11.5 Å². The highest BCUT2D eigenvalue weighted by atomic mass is 32.1. The van der Waals surface area contributed by atoms with Gasteiger partial charge in [0.1, 0.15) is 10.7 Å². The summed E-state index contributed by atoms with van der Waals surface area (Å²) < 4.78 is 11.1. The van der Waals surface area contributed by atoms with Crippen molar-refractivity contribution in [1.29, 1.82) is 0 Å². The largest absolute Gasteiger partial charge is 0.493 e. The minimum Gasteiger partial charge on any atom is -0.493 e. The number of aromatic amines is 1. The summed E-state index contributed by atoms with van der Waals surface area (Å²) in [5.74, 6) is 2.00. The first kappa shape index (κ1) is 18.7. The number of methoxy groups -OCH3 is 1. The van der Waals surface area contributed by atoms with Crippen molar-refractivity contribution in [3.63, 3.8) is 0 Å². The molecule has 0 fully saturated rings. The molecular formula is C22H24N2O3S. The molecule has 4 rings (SSSR count). The quantitative estimate of drug-likeness (QED) is 0.648. The van der Waals surface area contributed by atoms with Gasteiger partial charge in [-0.05, 0) is 61.4 Å². The third-order valence-corrected chi connectivity index (χ3v) is 6.11. The van der Waals surface area contributed by atoms with Crippen LogP contribution in [-0.2, 0) is 12.8 Å². The zero-order chi connectivity index (χ0) is 19.5. The third-order valence-electron chi connectivity index (χ3n) is 4.93. The molecule has 1 aromatic carbocycles. The van der Waals surface area contributed by atoms with E-state index in [0.29, 0.717) is 23.9 Å². The minimum absolute atomic E-state index is 0.0363. The first-order valence-electron chi connectivity index (χ1n) is 9.73. The second-order valence-corrected chi connectivity index (χ2v) is 8.02. The number of benzene rings is 1. The average molecular weight is 397 g/mol. The topological polar surface area (TPSA) is 64.2 Å². The number of thiophene rings is 1. The molecule has 3 aromatic rings. The number of fused-ring (bicyclic) bond motifs is 3. The monoisotopic (exact) mass is 396 g/mol. The Hall–Kier alpha value is -2.60. The summed E-state index contributed by atoms with van der Waals surface area (Å²) in [4.78, 5) is 22.4. The SMILES string of the molecule is CCCOc1cc(/C=C/c2nc3sc4c(c3c(=O)[nH]2)CCCC4)ccc1OC. The summed E-state index contributed by atoms with van der Waals surface area (Å²) in [5.41, 5.74) is 2.13. The van der Waals surface area contributed by atoms with Crippen molar-refractivity contribution in [2.75, 3.05) is 13.7 Å². The number of ether oxygens (including phenoxy) is 2. The lowest BCUT2D eigenvalue weighted by molar-refractivity contribution is 0.294. The van der Waals surface area contributed by atoms with Crippen LogP contribution in [0.1, 0.15) is 48.0 Å². The summed E-state index contributed by atoms with van der Waals surface area (Å²) in [6.45, 7) is 2.70. The first-order valence-corrected chi connectivity index (χ1v) is 10.5. The Bertz CT molecular complexity index is 1080. The fraction of sp³-hybridized carbons (Fsp3) is 0.364. The van der Waals surface area contributed by atoms with Crippen LogP contribution in [-0.4, -0.2) is 23.7 Å². The normalized spacial score (nSPS) is 13.8. The summed E-state index contributed by atoms with van der Waals surface area (Å²) >= 11 is 1.66. The summed E-state index contributed by atoms with van der Waals surface area (Å²) in [6, 6.07) is 5.78. The molecule has 0 unspecified atom stereocenters. The van der Waals surface area contributed by atoms with Gasteiger partial charge in [0.2, 0.25) is 0 Å². The summed E-state index contributed by atoms with van der Waals surface area (Å²) in [5, 5.41) is 0.788. The van der Waals surface area contributed by atoms with E-state index in [1.807, 2.05) is 30.4 Å². The Morgan fingerprint density at radius 3 is 2.89 bits per heavy atom. The van der Waals surface area contributed by atoms with Gasteiger partial charge in [0.05, 0.1) is 19.1 Å². The van der Waals surface area contributed by atoms with E-state index in [4.69, 9.17) is 9.47 Å². The fourth-order valence-electron chi connectivity index (χ4n) is 3.56. The first-order chi connectivity index (χ1) is 13.7. The molecule has 0 bridgehead atoms. The van der Waals surface area contributed by atoms with Gasteiger partial charge >= 0.3 is 0 Å². The van der Waals surface area contributed by atoms with Gasteiger partial charge in [-0.3, -0.25) is 4.79 Å². The fourth-order valence-corrected chi connectivity index (χ4v) is 4.83. The number of hydrogen-bond acceptors (Lipinski definition) is 5. The van der Waals surface area contributed by atoms with Gasteiger partial charge in [-0.1, -0.05) is 19.1 Å². The van der Waals surface area contributed by atoms with E-state index >= 15 is 0 Å². The van der Waals surface area contributed by atoms with E-state index in [1.165, 1.54) is 16.9 Å². The van der Waals surface area contributed by atoms with Crippen molar-refractivity contribution in [2.24, 2.45) is 0 Å². The zero-order valence-electron chi connectivity index (χ0n) is 16.2. The van der Waals surface area contributed by atoms with Gasteiger partial charge in [-0.15, -0.1) is 11.3 Å². The van der Waals surface area contributed by atoms with Crippen LogP contribution >= 0.6 is 11.3 Å². The van der Waals surface area contributed by atoms with Gasteiger partial charge in [-0.25, -0.2) is 4.98 Å². The van der Waals surface area contributed by atoms with Gasteiger partial charge in [-0.2, -0.15) is 0 Å². The van der Waals surface area contributed by atoms with Gasteiger partial charge in [0.25, 0.3) is 5.56 Å². The molecule has 5 nitrogen and oxygen atoms in total. The predicted molar refractivity (Wildman–Crippen MR) is 115 cm³/mol. The van der Waals surface area contributed by atoms with Crippen LogP contribution < -0.4 is 15.0 Å². The maximum Gasteiger partial charge on any atom is 0.260 e. The van der Waals surface area contributed by atoms with Gasteiger partial charge in [0, 0.05) is 4.88 Å². The molecule has 0 saturated carbocycles. The summed E-state index contributed by atoms with van der Waals surface area (Å²) in [7, 11) is 1.63. The highest BCUT2D eigenvalue weighted by Crippen LogP contribution is 2.33. The zero-order valence-corrected chi connectivity index (χ0v) is 17.0. The molecule has 0 radical (unpaired) electrons.